The summed E-state index contributed by atoms with van der Waals surface area (Å²) < 4.78 is 0. The maximum atomic E-state index is 4.09. The van der Waals surface area contributed by atoms with Crippen LogP contribution in [0.4, 0.5) is 0 Å². The van der Waals surface area contributed by atoms with Crippen LogP contribution in [0.3, 0.4) is 0 Å². The first-order chi connectivity index (χ1) is 6.88. The molecule has 1 unspecified atom stereocenters. The maximum absolute atomic E-state index is 4.09. The molecule has 1 N–H and O–H groups in total. The van der Waals surface area contributed by atoms with Gasteiger partial charge in [-0.05, 0) is 19.9 Å². The molecule has 0 saturated heterocycles. The normalized spacial score (nSPS) is 11.9. The monoisotopic (exact) mass is 208 g/mol. The fourth-order valence-electron chi connectivity index (χ4n) is 1.19. The molecule has 76 valence electrons. The van der Waals surface area contributed by atoms with Gasteiger partial charge < -0.3 is 5.32 Å². The summed E-state index contributed by atoms with van der Waals surface area (Å²) in [5, 5.41) is 3.47. The number of hydrogen-bond donors (Lipinski definition) is 1. The first-order valence-corrected chi connectivity index (χ1v) is 5.77. The smallest absolute Gasteiger partial charge is 0.0794 e. The van der Waals surface area contributed by atoms with Crippen LogP contribution in [-0.4, -0.2) is 11.5 Å². The van der Waals surface area contributed by atoms with E-state index >= 15 is 0 Å². The van der Waals surface area contributed by atoms with Crippen molar-refractivity contribution in [3.05, 3.63) is 16.6 Å². The first-order valence-electron chi connectivity index (χ1n) is 4.89. The number of nitrogens with zero attached hydrogens (tertiary/aromatic N) is 1. The Balaban J connectivity index is 2.55. The van der Waals surface area contributed by atoms with Crippen molar-refractivity contribution in [2.45, 2.75) is 32.7 Å². The molecule has 1 rings (SSSR count). The first kappa shape index (κ1) is 11.2. The van der Waals surface area contributed by atoms with Gasteiger partial charge in [0.25, 0.3) is 0 Å². The van der Waals surface area contributed by atoms with Gasteiger partial charge in [0, 0.05) is 17.5 Å². The van der Waals surface area contributed by atoms with Gasteiger partial charge in [-0.15, -0.1) is 23.2 Å². The van der Waals surface area contributed by atoms with E-state index in [9.17, 15) is 0 Å². The summed E-state index contributed by atoms with van der Waals surface area (Å²) in [5.74, 6) is 6.04. The Morgan fingerprint density at radius 1 is 1.64 bits per heavy atom. The Labute approximate surface area is 89.8 Å². The van der Waals surface area contributed by atoms with E-state index in [1.165, 1.54) is 4.88 Å². The average Bonchev–Trinajstić information content (AvgIpc) is 2.71. The van der Waals surface area contributed by atoms with E-state index in [-0.39, 0.29) is 0 Å². The van der Waals surface area contributed by atoms with Crippen molar-refractivity contribution in [1.82, 2.24) is 10.3 Å². The molecule has 1 aromatic rings. The molecule has 0 saturated carbocycles. The van der Waals surface area contributed by atoms with Crippen molar-refractivity contribution in [1.29, 1.82) is 0 Å². The Morgan fingerprint density at radius 3 is 3.07 bits per heavy atom. The zero-order valence-electron chi connectivity index (χ0n) is 8.71. The van der Waals surface area contributed by atoms with Crippen molar-refractivity contribution in [3.8, 4) is 11.8 Å². The van der Waals surface area contributed by atoms with Gasteiger partial charge >= 0.3 is 0 Å². The van der Waals surface area contributed by atoms with Crippen LogP contribution < -0.4 is 5.32 Å². The molecular formula is C11H16N2S. The van der Waals surface area contributed by atoms with Crippen molar-refractivity contribution >= 4 is 11.3 Å². The van der Waals surface area contributed by atoms with Gasteiger partial charge in [-0.2, -0.15) is 0 Å². The van der Waals surface area contributed by atoms with E-state index < -0.39 is 0 Å². The van der Waals surface area contributed by atoms with Crippen molar-refractivity contribution in [3.63, 3.8) is 0 Å². The van der Waals surface area contributed by atoms with Gasteiger partial charge in [0.2, 0.25) is 0 Å². The molecule has 0 bridgehead atoms. The molecule has 0 aliphatic heterocycles. The summed E-state index contributed by atoms with van der Waals surface area (Å²) in [6.45, 7) is 5.08. The van der Waals surface area contributed by atoms with Crippen LogP contribution >= 0.6 is 11.3 Å². The van der Waals surface area contributed by atoms with E-state index in [2.05, 4.69) is 29.1 Å². The number of nitrogens with one attached hydrogen (secondary N) is 1. The molecule has 0 aliphatic rings. The predicted octanol–water partition coefficient (Wildman–Crippen LogP) is 2.60. The standard InChI is InChI=1S/C11H16N2S/c1-3-5-6-10(13-7-4-2)11-8-12-9-14-11/h8-10,13H,4,6-7H2,1-2H3. The van der Waals surface area contributed by atoms with E-state index in [1.807, 2.05) is 18.6 Å². The molecule has 0 aliphatic carbocycles. The Bertz CT molecular complexity index is 295. The van der Waals surface area contributed by atoms with Gasteiger partial charge in [-0.3, -0.25) is 4.98 Å². The summed E-state index contributed by atoms with van der Waals surface area (Å²) in [5.41, 5.74) is 1.87. The van der Waals surface area contributed by atoms with Gasteiger partial charge in [-0.25, -0.2) is 0 Å². The van der Waals surface area contributed by atoms with Gasteiger partial charge in [-0.1, -0.05) is 6.92 Å². The lowest BCUT2D eigenvalue weighted by Crippen LogP contribution is -2.20. The SMILES string of the molecule is CC#CCC(NCCC)c1cncs1. The lowest BCUT2D eigenvalue weighted by atomic mass is 10.2. The minimum atomic E-state index is 0.356. The van der Waals surface area contributed by atoms with Crippen LogP contribution in [0.1, 0.15) is 37.6 Å². The third-order valence-corrected chi connectivity index (χ3v) is 2.81. The van der Waals surface area contributed by atoms with Gasteiger partial charge in [0.1, 0.15) is 0 Å². The van der Waals surface area contributed by atoms with E-state index in [0.717, 1.165) is 19.4 Å². The fraction of sp³-hybridized carbons (Fsp3) is 0.545. The number of aromatic nitrogens is 1. The number of thiazole rings is 1. The van der Waals surface area contributed by atoms with Crippen LogP contribution in [0.25, 0.3) is 0 Å². The highest BCUT2D eigenvalue weighted by Gasteiger charge is 2.09. The van der Waals surface area contributed by atoms with E-state index in [1.54, 1.807) is 11.3 Å². The summed E-state index contributed by atoms with van der Waals surface area (Å²) in [6.07, 6.45) is 3.95. The van der Waals surface area contributed by atoms with Crippen molar-refractivity contribution in [2.24, 2.45) is 0 Å². The highest BCUT2D eigenvalue weighted by molar-refractivity contribution is 7.09. The second kappa shape index (κ2) is 6.58. The molecule has 0 fully saturated rings. The van der Waals surface area contributed by atoms with Crippen molar-refractivity contribution in [2.75, 3.05) is 6.54 Å². The third-order valence-electron chi connectivity index (χ3n) is 1.92. The van der Waals surface area contributed by atoms with Crippen molar-refractivity contribution < 1.29 is 0 Å². The third kappa shape index (κ3) is 3.49. The summed E-state index contributed by atoms with van der Waals surface area (Å²) >= 11 is 1.69. The Kier molecular flexibility index (Phi) is 5.28. The number of hydrogen-bond acceptors (Lipinski definition) is 3. The minimum Gasteiger partial charge on any atom is -0.308 e. The average molecular weight is 208 g/mol. The lowest BCUT2D eigenvalue weighted by Gasteiger charge is -2.13. The molecule has 0 radical (unpaired) electrons. The number of rotatable bonds is 5. The van der Waals surface area contributed by atoms with Gasteiger partial charge in [0.05, 0.1) is 11.6 Å². The van der Waals surface area contributed by atoms with Crippen LogP contribution in [0.5, 0.6) is 0 Å². The molecule has 0 spiro atoms. The fourth-order valence-corrected chi connectivity index (χ4v) is 1.89. The zero-order chi connectivity index (χ0) is 10.2. The van der Waals surface area contributed by atoms with Crippen LogP contribution in [0.2, 0.25) is 0 Å². The quantitative estimate of drug-likeness (QED) is 0.752. The molecule has 1 heterocycles. The van der Waals surface area contributed by atoms with Crippen LogP contribution in [0.15, 0.2) is 11.7 Å². The molecule has 1 aromatic heterocycles. The van der Waals surface area contributed by atoms with Gasteiger partial charge in [0.15, 0.2) is 0 Å². The van der Waals surface area contributed by atoms with Crippen LogP contribution in [-0.2, 0) is 0 Å². The molecular weight excluding hydrogens is 192 g/mol. The highest BCUT2D eigenvalue weighted by Crippen LogP contribution is 2.19. The predicted molar refractivity (Wildman–Crippen MR) is 61.2 cm³/mol. The maximum Gasteiger partial charge on any atom is 0.0794 e. The molecule has 2 nitrogen and oxygen atoms in total. The lowest BCUT2D eigenvalue weighted by molar-refractivity contribution is 0.549. The molecule has 3 heteroatoms. The highest BCUT2D eigenvalue weighted by atomic mass is 32.1. The largest absolute Gasteiger partial charge is 0.308 e. The van der Waals surface area contributed by atoms with E-state index in [0.29, 0.717) is 6.04 Å². The second-order valence-corrected chi connectivity index (χ2v) is 3.96. The topological polar surface area (TPSA) is 24.9 Å². The summed E-state index contributed by atoms with van der Waals surface area (Å²) in [4.78, 5) is 5.37. The summed E-state index contributed by atoms with van der Waals surface area (Å²) in [6, 6.07) is 0.356. The molecule has 0 aromatic carbocycles. The zero-order valence-corrected chi connectivity index (χ0v) is 9.53. The minimum absolute atomic E-state index is 0.356. The molecule has 14 heavy (non-hydrogen) atoms. The Morgan fingerprint density at radius 2 is 2.50 bits per heavy atom. The summed E-state index contributed by atoms with van der Waals surface area (Å²) in [7, 11) is 0. The molecule has 0 amide bonds. The van der Waals surface area contributed by atoms with E-state index in [4.69, 9.17) is 0 Å². The second-order valence-electron chi connectivity index (χ2n) is 3.04. The molecule has 1 atom stereocenters. The Hall–Kier alpha value is -0.850. The van der Waals surface area contributed by atoms with Crippen LogP contribution in [0, 0.1) is 11.8 Å².